The highest BCUT2D eigenvalue weighted by Gasteiger charge is 2.32. The summed E-state index contributed by atoms with van der Waals surface area (Å²) >= 11 is 0. The van der Waals surface area contributed by atoms with Crippen molar-refractivity contribution in [3.8, 4) is 0 Å². The zero-order valence-corrected chi connectivity index (χ0v) is 16.9. The molecule has 1 aliphatic heterocycles. The molecule has 0 atom stereocenters. The Morgan fingerprint density at radius 3 is 2.65 bits per heavy atom. The lowest BCUT2D eigenvalue weighted by Crippen LogP contribution is -2.32. The Hall–Kier alpha value is -0.960. The van der Waals surface area contributed by atoms with Crippen molar-refractivity contribution in [2.45, 2.75) is 43.9 Å². The Kier molecular flexibility index (Phi) is 6.71. The molecule has 0 N–H and O–H groups in total. The molecule has 1 aromatic heterocycles. The fourth-order valence-electron chi connectivity index (χ4n) is 3.53. The SMILES string of the molecule is COCCn1c(CN(C)CCN2CCCC2)cnc1S(=O)(=O)CC1CC1. The molecule has 1 aliphatic carbocycles. The first-order valence-corrected chi connectivity index (χ1v) is 11.3. The summed E-state index contributed by atoms with van der Waals surface area (Å²) in [6.45, 7) is 6.13. The van der Waals surface area contributed by atoms with Crippen molar-refractivity contribution in [1.29, 1.82) is 0 Å². The number of methoxy groups -OCH3 is 1. The Morgan fingerprint density at radius 1 is 1.27 bits per heavy atom. The molecule has 7 nitrogen and oxygen atoms in total. The van der Waals surface area contributed by atoms with Gasteiger partial charge in [0.05, 0.1) is 24.3 Å². The Bertz CT molecular complexity index is 679. The van der Waals surface area contributed by atoms with E-state index in [1.807, 2.05) is 4.57 Å². The number of rotatable bonds is 11. The highest BCUT2D eigenvalue weighted by Crippen LogP contribution is 2.32. The summed E-state index contributed by atoms with van der Waals surface area (Å²) in [5, 5.41) is 0.212. The average molecular weight is 385 g/mol. The molecule has 2 heterocycles. The second-order valence-corrected chi connectivity index (χ2v) is 9.62. The Morgan fingerprint density at radius 2 is 2.00 bits per heavy atom. The second kappa shape index (κ2) is 8.82. The molecule has 2 aliphatic rings. The van der Waals surface area contributed by atoms with E-state index in [0.717, 1.165) is 31.6 Å². The molecule has 0 unspecified atom stereocenters. The van der Waals surface area contributed by atoms with Crippen LogP contribution in [0.2, 0.25) is 0 Å². The standard InChI is InChI=1S/C18H32N4O3S/c1-20(9-10-21-7-3-4-8-21)14-17-13-19-18(22(17)11-12-25-2)26(23,24)15-16-5-6-16/h13,16H,3-12,14-15H2,1-2H3. The lowest BCUT2D eigenvalue weighted by molar-refractivity contribution is 0.181. The Balaban J connectivity index is 1.66. The van der Waals surface area contributed by atoms with Crippen LogP contribution in [-0.2, 0) is 27.7 Å². The number of aromatic nitrogens is 2. The molecule has 0 bridgehead atoms. The molecular weight excluding hydrogens is 352 g/mol. The van der Waals surface area contributed by atoms with Gasteiger partial charge in [-0.1, -0.05) is 0 Å². The normalized spacial score (nSPS) is 18.9. The molecule has 8 heteroatoms. The van der Waals surface area contributed by atoms with E-state index >= 15 is 0 Å². The molecule has 0 aromatic carbocycles. The number of hydrogen-bond acceptors (Lipinski definition) is 6. The van der Waals surface area contributed by atoms with Crippen molar-refractivity contribution in [1.82, 2.24) is 19.4 Å². The average Bonchev–Trinajstić information content (AvgIpc) is 3.10. The molecule has 26 heavy (non-hydrogen) atoms. The van der Waals surface area contributed by atoms with E-state index in [-0.39, 0.29) is 10.9 Å². The molecule has 0 amide bonds. The van der Waals surface area contributed by atoms with Crippen LogP contribution in [0, 0.1) is 5.92 Å². The van der Waals surface area contributed by atoms with E-state index < -0.39 is 9.84 Å². The zero-order valence-electron chi connectivity index (χ0n) is 16.1. The molecule has 1 saturated carbocycles. The minimum absolute atomic E-state index is 0.212. The van der Waals surface area contributed by atoms with Crippen molar-refractivity contribution >= 4 is 9.84 Å². The zero-order chi connectivity index (χ0) is 18.6. The molecule has 2 fully saturated rings. The number of likely N-dealkylation sites (tertiary alicyclic amines) is 1. The molecule has 3 rings (SSSR count). The third-order valence-corrected chi connectivity index (χ3v) is 7.07. The van der Waals surface area contributed by atoms with Gasteiger partial charge < -0.3 is 14.2 Å². The fourth-order valence-corrected chi connectivity index (χ4v) is 5.39. The number of sulfone groups is 1. The number of imidazole rings is 1. The van der Waals surface area contributed by atoms with Gasteiger partial charge in [0.15, 0.2) is 0 Å². The maximum absolute atomic E-state index is 12.7. The minimum Gasteiger partial charge on any atom is -0.383 e. The largest absolute Gasteiger partial charge is 0.383 e. The summed E-state index contributed by atoms with van der Waals surface area (Å²) in [6, 6.07) is 0. The Labute approximate surface area is 157 Å². The van der Waals surface area contributed by atoms with Crippen LogP contribution >= 0.6 is 0 Å². The summed E-state index contributed by atoms with van der Waals surface area (Å²) in [6.07, 6.45) is 6.36. The maximum Gasteiger partial charge on any atom is 0.227 e. The first-order chi connectivity index (χ1) is 12.5. The number of hydrogen-bond donors (Lipinski definition) is 0. The fraction of sp³-hybridized carbons (Fsp3) is 0.833. The van der Waals surface area contributed by atoms with Crippen LogP contribution in [0.1, 0.15) is 31.4 Å². The molecule has 0 radical (unpaired) electrons. The smallest absolute Gasteiger partial charge is 0.227 e. The van der Waals surface area contributed by atoms with Crippen LogP contribution in [0.25, 0.3) is 0 Å². The van der Waals surface area contributed by atoms with Crippen molar-refractivity contribution in [3.63, 3.8) is 0 Å². The summed E-state index contributed by atoms with van der Waals surface area (Å²) in [7, 11) is 0.393. The van der Waals surface area contributed by atoms with Gasteiger partial charge in [-0.05, 0) is 51.7 Å². The number of nitrogens with zero attached hydrogens (tertiary/aromatic N) is 4. The third-order valence-electron chi connectivity index (χ3n) is 5.28. The van der Waals surface area contributed by atoms with E-state index in [1.54, 1.807) is 13.3 Å². The van der Waals surface area contributed by atoms with Crippen LogP contribution in [0.5, 0.6) is 0 Å². The molecule has 1 saturated heterocycles. The summed E-state index contributed by atoms with van der Waals surface area (Å²) in [4.78, 5) is 9.03. The van der Waals surface area contributed by atoms with Gasteiger partial charge in [0.25, 0.3) is 0 Å². The van der Waals surface area contributed by atoms with Crippen LogP contribution in [0.3, 0.4) is 0 Å². The van der Waals surface area contributed by atoms with Crippen molar-refractivity contribution in [2.75, 3.05) is 52.7 Å². The van der Waals surface area contributed by atoms with Gasteiger partial charge in [-0.25, -0.2) is 13.4 Å². The topological polar surface area (TPSA) is 67.7 Å². The predicted molar refractivity (Wildman–Crippen MR) is 101 cm³/mol. The van der Waals surface area contributed by atoms with Gasteiger partial charge in [-0.3, -0.25) is 4.90 Å². The maximum atomic E-state index is 12.7. The van der Waals surface area contributed by atoms with Crippen LogP contribution in [-0.4, -0.2) is 80.5 Å². The van der Waals surface area contributed by atoms with Crippen molar-refractivity contribution in [2.24, 2.45) is 5.92 Å². The summed E-state index contributed by atoms with van der Waals surface area (Å²) in [5.74, 6) is 0.542. The van der Waals surface area contributed by atoms with Crippen LogP contribution < -0.4 is 0 Å². The molecule has 1 aromatic rings. The monoisotopic (exact) mass is 384 g/mol. The highest BCUT2D eigenvalue weighted by molar-refractivity contribution is 7.91. The first kappa shape index (κ1) is 19.8. The predicted octanol–water partition coefficient (Wildman–Crippen LogP) is 1.24. The van der Waals surface area contributed by atoms with E-state index in [0.29, 0.717) is 25.6 Å². The quantitative estimate of drug-likeness (QED) is 0.572. The van der Waals surface area contributed by atoms with E-state index in [1.165, 1.54) is 25.9 Å². The lowest BCUT2D eigenvalue weighted by Gasteiger charge is -2.22. The van der Waals surface area contributed by atoms with Crippen LogP contribution in [0.15, 0.2) is 11.4 Å². The molecule has 148 valence electrons. The van der Waals surface area contributed by atoms with Gasteiger partial charge in [0.1, 0.15) is 0 Å². The third kappa shape index (κ3) is 5.28. The molecular formula is C18H32N4O3S. The van der Waals surface area contributed by atoms with Crippen molar-refractivity contribution in [3.05, 3.63) is 11.9 Å². The van der Waals surface area contributed by atoms with Gasteiger partial charge in [-0.2, -0.15) is 0 Å². The van der Waals surface area contributed by atoms with Gasteiger partial charge in [-0.15, -0.1) is 0 Å². The van der Waals surface area contributed by atoms with Gasteiger partial charge >= 0.3 is 0 Å². The number of likely N-dealkylation sites (N-methyl/N-ethyl adjacent to an activating group) is 1. The molecule has 0 spiro atoms. The van der Waals surface area contributed by atoms with Gasteiger partial charge in [0, 0.05) is 33.3 Å². The van der Waals surface area contributed by atoms with Gasteiger partial charge in [0.2, 0.25) is 15.0 Å². The minimum atomic E-state index is -3.33. The first-order valence-electron chi connectivity index (χ1n) is 9.66. The van der Waals surface area contributed by atoms with E-state index in [4.69, 9.17) is 4.74 Å². The number of ether oxygens (including phenoxy) is 1. The highest BCUT2D eigenvalue weighted by atomic mass is 32.2. The second-order valence-electron chi connectivity index (χ2n) is 7.69. The van der Waals surface area contributed by atoms with E-state index in [9.17, 15) is 8.42 Å². The van der Waals surface area contributed by atoms with E-state index in [2.05, 4.69) is 21.8 Å². The van der Waals surface area contributed by atoms with Crippen LogP contribution in [0.4, 0.5) is 0 Å². The summed E-state index contributed by atoms with van der Waals surface area (Å²) in [5.41, 5.74) is 0.945. The summed E-state index contributed by atoms with van der Waals surface area (Å²) < 4.78 is 32.5. The van der Waals surface area contributed by atoms with Crippen molar-refractivity contribution < 1.29 is 13.2 Å². The lowest BCUT2D eigenvalue weighted by atomic mass is 10.4.